The summed E-state index contributed by atoms with van der Waals surface area (Å²) in [5.74, 6) is 1.84. The highest BCUT2D eigenvalue weighted by atomic mass is 16.5. The molecule has 0 heterocycles. The Labute approximate surface area is 175 Å². The number of nitrogens with one attached hydrogen (secondary N) is 1. The summed E-state index contributed by atoms with van der Waals surface area (Å²) in [6, 6.07) is 17.5. The molecule has 29 heavy (non-hydrogen) atoms. The number of aryl methyl sites for hydroxylation is 1. The van der Waals surface area contributed by atoms with E-state index in [1.54, 1.807) is 0 Å². The third-order valence-electron chi connectivity index (χ3n) is 5.34. The van der Waals surface area contributed by atoms with E-state index in [2.05, 4.69) is 60.8 Å². The minimum Gasteiger partial charge on any atom is -0.484 e. The van der Waals surface area contributed by atoms with Gasteiger partial charge in [-0.25, -0.2) is 0 Å². The first kappa shape index (κ1) is 24.6. The van der Waals surface area contributed by atoms with Gasteiger partial charge in [0, 0.05) is 0 Å². The van der Waals surface area contributed by atoms with E-state index < -0.39 is 0 Å². The standard InChI is InChI=1S/C21H25NO.C2H6.2CH2O/c1-15-9-11-18(12-10-15)23-21-19-8-3-2-7-17(19)13-20(21)22-14-16-5-4-6-16;3*1-2/h2-3,7-12,16,20-22H,4-6,13-14H2,1H3;1-2H3;2*1H2/t20-,21?;;;/m1.../s1. The maximum absolute atomic E-state index is 8.00. The normalized spacial score (nSPS) is 19.0. The first-order valence-corrected chi connectivity index (χ1v) is 10.4. The van der Waals surface area contributed by atoms with Crippen molar-refractivity contribution in [3.8, 4) is 5.75 Å². The lowest BCUT2D eigenvalue weighted by Gasteiger charge is -2.29. The zero-order chi connectivity index (χ0) is 21.6. The van der Waals surface area contributed by atoms with Crippen molar-refractivity contribution in [2.75, 3.05) is 6.54 Å². The highest BCUT2D eigenvalue weighted by Gasteiger charge is 2.34. The lowest BCUT2D eigenvalue weighted by molar-refractivity contribution is -0.0987. The number of carbonyl (C=O) groups is 2. The van der Waals surface area contributed by atoms with Crippen LogP contribution in [0.5, 0.6) is 5.75 Å². The number of ether oxygens (including phenoxy) is 1. The molecule has 0 spiro atoms. The Morgan fingerprint density at radius 1 is 0.966 bits per heavy atom. The minimum atomic E-state index is 0.119. The van der Waals surface area contributed by atoms with Gasteiger partial charge in [0.05, 0.1) is 6.04 Å². The van der Waals surface area contributed by atoms with Crippen molar-refractivity contribution in [1.82, 2.24) is 5.32 Å². The first-order valence-electron chi connectivity index (χ1n) is 10.4. The summed E-state index contributed by atoms with van der Waals surface area (Å²) in [7, 11) is 0. The van der Waals surface area contributed by atoms with Crippen molar-refractivity contribution in [3.63, 3.8) is 0 Å². The van der Waals surface area contributed by atoms with E-state index in [1.165, 1.54) is 36.0 Å². The fourth-order valence-corrected chi connectivity index (χ4v) is 3.66. The lowest BCUT2D eigenvalue weighted by Crippen LogP contribution is -2.39. The summed E-state index contributed by atoms with van der Waals surface area (Å²) in [5.41, 5.74) is 4.04. The van der Waals surface area contributed by atoms with Crippen LogP contribution in [0.15, 0.2) is 48.5 Å². The summed E-state index contributed by atoms with van der Waals surface area (Å²) in [6.07, 6.45) is 5.36. The topological polar surface area (TPSA) is 55.4 Å². The van der Waals surface area contributed by atoms with Gasteiger partial charge in [-0.1, -0.05) is 62.2 Å². The van der Waals surface area contributed by atoms with E-state index in [9.17, 15) is 0 Å². The average molecular weight is 398 g/mol. The second-order valence-electron chi connectivity index (χ2n) is 7.07. The number of fused-ring (bicyclic) bond motifs is 1. The van der Waals surface area contributed by atoms with Crippen LogP contribution in [0.25, 0.3) is 0 Å². The van der Waals surface area contributed by atoms with E-state index in [-0.39, 0.29) is 6.10 Å². The second-order valence-corrected chi connectivity index (χ2v) is 7.07. The van der Waals surface area contributed by atoms with Gasteiger partial charge in [-0.2, -0.15) is 0 Å². The molecule has 2 aliphatic carbocycles. The maximum atomic E-state index is 8.00. The predicted octanol–water partition coefficient (Wildman–Crippen LogP) is 5.09. The Kier molecular flexibility index (Phi) is 11.6. The quantitative estimate of drug-likeness (QED) is 0.764. The van der Waals surface area contributed by atoms with Crippen molar-refractivity contribution in [2.45, 2.75) is 58.6 Å². The van der Waals surface area contributed by atoms with Crippen LogP contribution in [-0.2, 0) is 16.0 Å². The molecule has 2 aliphatic rings. The van der Waals surface area contributed by atoms with Crippen LogP contribution in [0, 0.1) is 12.8 Å². The van der Waals surface area contributed by atoms with Gasteiger partial charge in [-0.3, -0.25) is 0 Å². The van der Waals surface area contributed by atoms with Crippen LogP contribution >= 0.6 is 0 Å². The van der Waals surface area contributed by atoms with Gasteiger partial charge in [0.15, 0.2) is 0 Å². The third kappa shape index (κ3) is 6.82. The highest BCUT2D eigenvalue weighted by Crippen LogP contribution is 2.36. The van der Waals surface area contributed by atoms with Crippen molar-refractivity contribution in [2.24, 2.45) is 5.92 Å². The largest absolute Gasteiger partial charge is 0.484 e. The maximum Gasteiger partial charge on any atom is 0.140 e. The molecule has 0 saturated heterocycles. The number of benzene rings is 2. The van der Waals surface area contributed by atoms with E-state index in [1.807, 2.05) is 27.4 Å². The van der Waals surface area contributed by atoms with Crippen molar-refractivity contribution in [3.05, 3.63) is 65.2 Å². The first-order chi connectivity index (χ1) is 14.3. The van der Waals surface area contributed by atoms with E-state index >= 15 is 0 Å². The molecule has 4 rings (SSSR count). The smallest absolute Gasteiger partial charge is 0.140 e. The summed E-state index contributed by atoms with van der Waals surface area (Å²) in [6.45, 7) is 11.2. The number of carbonyl (C=O) groups excluding carboxylic acids is 2. The van der Waals surface area contributed by atoms with Crippen LogP contribution in [0.4, 0.5) is 0 Å². The number of hydrogen-bond donors (Lipinski definition) is 1. The van der Waals surface area contributed by atoms with Gasteiger partial charge >= 0.3 is 0 Å². The van der Waals surface area contributed by atoms with E-state index in [4.69, 9.17) is 14.3 Å². The minimum absolute atomic E-state index is 0.119. The molecule has 0 bridgehead atoms. The average Bonchev–Trinajstić information content (AvgIpc) is 3.10. The number of rotatable bonds is 5. The summed E-state index contributed by atoms with van der Waals surface area (Å²) in [5, 5.41) is 3.79. The zero-order valence-electron chi connectivity index (χ0n) is 18.0. The Morgan fingerprint density at radius 3 is 2.17 bits per heavy atom. The van der Waals surface area contributed by atoms with Crippen LogP contribution in [0.1, 0.15) is 55.9 Å². The van der Waals surface area contributed by atoms with Crippen LogP contribution in [-0.4, -0.2) is 26.2 Å². The molecule has 0 radical (unpaired) electrons. The molecule has 2 aromatic carbocycles. The Hall–Kier alpha value is -2.46. The zero-order valence-corrected chi connectivity index (χ0v) is 18.0. The molecule has 1 saturated carbocycles. The predicted molar refractivity (Wildman–Crippen MR) is 119 cm³/mol. The molecule has 0 amide bonds. The fourth-order valence-electron chi connectivity index (χ4n) is 3.66. The van der Waals surface area contributed by atoms with E-state index in [0.29, 0.717) is 6.04 Å². The second kappa shape index (κ2) is 13.7. The van der Waals surface area contributed by atoms with Gasteiger partial charge in [-0.05, 0) is 61.9 Å². The van der Waals surface area contributed by atoms with Gasteiger partial charge in [0.25, 0.3) is 0 Å². The lowest BCUT2D eigenvalue weighted by atomic mass is 9.85. The summed E-state index contributed by atoms with van der Waals surface area (Å²) in [4.78, 5) is 16.0. The molecule has 1 N–H and O–H groups in total. The SMILES string of the molecule is C=O.C=O.CC.Cc1ccc(OC2c3ccccc3C[C@H]2NCC2CCC2)cc1. The molecule has 4 heteroatoms. The molecule has 4 nitrogen and oxygen atoms in total. The van der Waals surface area contributed by atoms with E-state index in [0.717, 1.165) is 24.6 Å². The Morgan fingerprint density at radius 2 is 1.59 bits per heavy atom. The monoisotopic (exact) mass is 397 g/mol. The molecule has 0 aromatic heterocycles. The van der Waals surface area contributed by atoms with Crippen molar-refractivity contribution in [1.29, 1.82) is 0 Å². The van der Waals surface area contributed by atoms with Gasteiger partial charge in [-0.15, -0.1) is 0 Å². The van der Waals surface area contributed by atoms with Crippen molar-refractivity contribution >= 4 is 13.6 Å². The molecule has 158 valence electrons. The highest BCUT2D eigenvalue weighted by molar-refractivity contribution is 5.38. The van der Waals surface area contributed by atoms with Crippen LogP contribution in [0.2, 0.25) is 0 Å². The third-order valence-corrected chi connectivity index (χ3v) is 5.34. The van der Waals surface area contributed by atoms with Gasteiger partial charge < -0.3 is 19.6 Å². The molecule has 2 aromatic rings. The molecule has 2 atom stereocenters. The molecular weight excluding hydrogens is 362 g/mol. The van der Waals surface area contributed by atoms with Crippen LogP contribution < -0.4 is 10.1 Å². The molecular formula is C25H35NO3. The van der Waals surface area contributed by atoms with Gasteiger partial charge in [0.1, 0.15) is 25.4 Å². The summed E-state index contributed by atoms with van der Waals surface area (Å²) >= 11 is 0. The fraction of sp³-hybridized carbons (Fsp3) is 0.440. The van der Waals surface area contributed by atoms with Gasteiger partial charge in [0.2, 0.25) is 0 Å². The Bertz CT molecular complexity index is 695. The Balaban J connectivity index is 0.000000644. The number of hydrogen-bond acceptors (Lipinski definition) is 4. The molecule has 1 fully saturated rings. The molecule has 1 unspecified atom stereocenters. The summed E-state index contributed by atoms with van der Waals surface area (Å²) < 4.78 is 6.39. The van der Waals surface area contributed by atoms with Crippen LogP contribution in [0.3, 0.4) is 0 Å². The molecule has 0 aliphatic heterocycles. The van der Waals surface area contributed by atoms with Crippen molar-refractivity contribution < 1.29 is 14.3 Å².